The van der Waals surface area contributed by atoms with Gasteiger partial charge in [0.1, 0.15) is 5.82 Å². The number of hydrogen-bond donors (Lipinski definition) is 1. The summed E-state index contributed by atoms with van der Waals surface area (Å²) in [7, 11) is 3.58. The van der Waals surface area contributed by atoms with E-state index in [0.717, 1.165) is 35.2 Å². The number of aromatic nitrogens is 2. The smallest absolute Gasteiger partial charge is 0.125 e. The number of methoxy groups -OCH3 is 1. The predicted molar refractivity (Wildman–Crippen MR) is 60.4 cm³/mol. The van der Waals surface area contributed by atoms with Crippen LogP contribution < -0.4 is 5.73 Å². The lowest BCUT2D eigenvalue weighted by Crippen LogP contribution is -1.99. The van der Waals surface area contributed by atoms with E-state index in [0.29, 0.717) is 0 Å². The highest BCUT2D eigenvalue weighted by atomic mass is 32.2. The summed E-state index contributed by atoms with van der Waals surface area (Å²) < 4.78 is 6.70. The van der Waals surface area contributed by atoms with Crippen molar-refractivity contribution in [3.63, 3.8) is 0 Å². The molecule has 0 aliphatic carbocycles. The molecule has 1 aromatic heterocycles. The lowest BCUT2D eigenvalue weighted by Gasteiger charge is -2.01. The standard InChI is InChI=1S/C9H17N3OS/c1-7-8(6-14-5-4-13-3)9(10)12(2)11-7/h4-6,10H2,1-3H3. The van der Waals surface area contributed by atoms with Gasteiger partial charge in [-0.3, -0.25) is 4.68 Å². The van der Waals surface area contributed by atoms with Gasteiger partial charge in [0.05, 0.1) is 12.3 Å². The Hall–Kier alpha value is -0.680. The van der Waals surface area contributed by atoms with Crippen LogP contribution in [-0.2, 0) is 17.5 Å². The molecule has 5 heteroatoms. The molecule has 80 valence electrons. The van der Waals surface area contributed by atoms with E-state index < -0.39 is 0 Å². The van der Waals surface area contributed by atoms with Crippen molar-refractivity contribution in [1.82, 2.24) is 9.78 Å². The number of thioether (sulfide) groups is 1. The monoisotopic (exact) mass is 215 g/mol. The third kappa shape index (κ3) is 2.65. The molecular weight excluding hydrogens is 198 g/mol. The van der Waals surface area contributed by atoms with Gasteiger partial charge in [0.2, 0.25) is 0 Å². The molecule has 4 nitrogen and oxygen atoms in total. The fourth-order valence-corrected chi connectivity index (χ4v) is 2.20. The molecule has 0 amide bonds. The Morgan fingerprint density at radius 3 is 2.79 bits per heavy atom. The van der Waals surface area contributed by atoms with Gasteiger partial charge in [0.15, 0.2) is 0 Å². The third-order valence-corrected chi connectivity index (χ3v) is 3.02. The molecule has 2 N–H and O–H groups in total. The summed E-state index contributed by atoms with van der Waals surface area (Å²) in [5, 5.41) is 4.26. The second kappa shape index (κ2) is 5.26. The van der Waals surface area contributed by atoms with Crippen LogP contribution in [0.3, 0.4) is 0 Å². The second-order valence-corrected chi connectivity index (χ2v) is 4.22. The molecule has 1 rings (SSSR count). The van der Waals surface area contributed by atoms with Gasteiger partial charge < -0.3 is 10.5 Å². The van der Waals surface area contributed by atoms with Crippen molar-refractivity contribution in [2.75, 3.05) is 25.2 Å². The maximum absolute atomic E-state index is 5.87. The Morgan fingerprint density at radius 2 is 2.29 bits per heavy atom. The van der Waals surface area contributed by atoms with Crippen LogP contribution in [0, 0.1) is 6.92 Å². The highest BCUT2D eigenvalue weighted by Crippen LogP contribution is 2.21. The van der Waals surface area contributed by atoms with Crippen LogP contribution in [0.4, 0.5) is 5.82 Å². The first-order valence-corrected chi connectivity index (χ1v) is 5.67. The maximum Gasteiger partial charge on any atom is 0.125 e. The molecule has 0 spiro atoms. The van der Waals surface area contributed by atoms with Gasteiger partial charge >= 0.3 is 0 Å². The second-order valence-electron chi connectivity index (χ2n) is 3.12. The predicted octanol–water partition coefficient (Wildman–Crippen LogP) is 1.19. The first kappa shape index (κ1) is 11.4. The van der Waals surface area contributed by atoms with E-state index in [9.17, 15) is 0 Å². The largest absolute Gasteiger partial charge is 0.384 e. The summed E-state index contributed by atoms with van der Waals surface area (Å²) in [5.41, 5.74) is 8.04. The molecule has 0 bridgehead atoms. The zero-order chi connectivity index (χ0) is 10.6. The Balaban J connectivity index is 2.49. The molecule has 0 atom stereocenters. The van der Waals surface area contributed by atoms with Gasteiger partial charge in [-0.1, -0.05) is 0 Å². The first-order chi connectivity index (χ1) is 6.66. The SMILES string of the molecule is COCCSCc1c(C)nn(C)c1N. The highest BCUT2D eigenvalue weighted by molar-refractivity contribution is 7.98. The molecule has 1 aromatic rings. The van der Waals surface area contributed by atoms with Crippen molar-refractivity contribution >= 4 is 17.6 Å². The number of anilines is 1. The average Bonchev–Trinajstić information content (AvgIpc) is 2.38. The molecule has 14 heavy (non-hydrogen) atoms. The summed E-state index contributed by atoms with van der Waals surface area (Å²) in [6.07, 6.45) is 0. The lowest BCUT2D eigenvalue weighted by atomic mass is 10.3. The zero-order valence-corrected chi connectivity index (χ0v) is 9.73. The minimum absolute atomic E-state index is 0.771. The Kier molecular flexibility index (Phi) is 4.28. The van der Waals surface area contributed by atoms with Crippen molar-refractivity contribution in [1.29, 1.82) is 0 Å². The third-order valence-electron chi connectivity index (χ3n) is 2.07. The average molecular weight is 215 g/mol. The quantitative estimate of drug-likeness (QED) is 0.750. The van der Waals surface area contributed by atoms with E-state index in [1.807, 2.05) is 25.7 Å². The van der Waals surface area contributed by atoms with E-state index in [1.165, 1.54) is 0 Å². The Morgan fingerprint density at radius 1 is 1.57 bits per heavy atom. The zero-order valence-electron chi connectivity index (χ0n) is 8.91. The summed E-state index contributed by atoms with van der Waals surface area (Å²) in [4.78, 5) is 0. The van der Waals surface area contributed by atoms with Crippen LogP contribution >= 0.6 is 11.8 Å². The van der Waals surface area contributed by atoms with E-state index in [4.69, 9.17) is 10.5 Å². The van der Waals surface area contributed by atoms with E-state index in [2.05, 4.69) is 5.10 Å². The molecule has 0 aliphatic heterocycles. The van der Waals surface area contributed by atoms with Crippen LogP contribution in [0.1, 0.15) is 11.3 Å². The van der Waals surface area contributed by atoms with Crippen molar-refractivity contribution in [2.45, 2.75) is 12.7 Å². The molecule has 1 heterocycles. The van der Waals surface area contributed by atoms with E-state index >= 15 is 0 Å². The Bertz CT molecular complexity index is 298. The normalized spacial score (nSPS) is 10.8. The summed E-state index contributed by atoms with van der Waals surface area (Å²) in [6, 6.07) is 0. The minimum atomic E-state index is 0.771. The number of nitrogen functional groups attached to an aromatic ring is 1. The molecule has 0 fully saturated rings. The van der Waals surface area contributed by atoms with E-state index in [1.54, 1.807) is 11.8 Å². The topological polar surface area (TPSA) is 53.1 Å². The minimum Gasteiger partial charge on any atom is -0.384 e. The van der Waals surface area contributed by atoms with Gasteiger partial charge in [-0.15, -0.1) is 0 Å². The molecule has 0 aromatic carbocycles. The van der Waals surface area contributed by atoms with Gasteiger partial charge in [0.25, 0.3) is 0 Å². The molecule has 0 saturated heterocycles. The summed E-state index contributed by atoms with van der Waals surface area (Å²) in [5.74, 6) is 2.67. The number of ether oxygens (including phenoxy) is 1. The molecule has 0 saturated carbocycles. The van der Waals surface area contributed by atoms with Gasteiger partial charge in [-0.2, -0.15) is 16.9 Å². The maximum atomic E-state index is 5.87. The molecular formula is C9H17N3OS. The van der Waals surface area contributed by atoms with E-state index in [-0.39, 0.29) is 0 Å². The first-order valence-electron chi connectivity index (χ1n) is 4.51. The number of nitrogens with zero attached hydrogens (tertiary/aromatic N) is 2. The fraction of sp³-hybridized carbons (Fsp3) is 0.667. The summed E-state index contributed by atoms with van der Waals surface area (Å²) >= 11 is 1.81. The van der Waals surface area contributed by atoms with Gasteiger partial charge in [-0.05, 0) is 6.92 Å². The fourth-order valence-electron chi connectivity index (χ4n) is 1.21. The van der Waals surface area contributed by atoms with Crippen LogP contribution in [-0.4, -0.2) is 29.3 Å². The van der Waals surface area contributed by atoms with Crippen LogP contribution in [0.25, 0.3) is 0 Å². The van der Waals surface area contributed by atoms with Gasteiger partial charge in [0, 0.05) is 31.2 Å². The number of nitrogens with two attached hydrogens (primary N) is 1. The lowest BCUT2D eigenvalue weighted by molar-refractivity contribution is 0.218. The molecule has 0 aliphatic rings. The number of hydrogen-bond acceptors (Lipinski definition) is 4. The van der Waals surface area contributed by atoms with Crippen LogP contribution in [0.15, 0.2) is 0 Å². The molecule has 0 radical (unpaired) electrons. The van der Waals surface area contributed by atoms with Crippen molar-refractivity contribution < 1.29 is 4.74 Å². The van der Waals surface area contributed by atoms with Crippen molar-refractivity contribution in [2.24, 2.45) is 7.05 Å². The van der Waals surface area contributed by atoms with Gasteiger partial charge in [-0.25, -0.2) is 0 Å². The van der Waals surface area contributed by atoms with Crippen LogP contribution in [0.2, 0.25) is 0 Å². The van der Waals surface area contributed by atoms with Crippen LogP contribution in [0.5, 0.6) is 0 Å². The van der Waals surface area contributed by atoms with Crippen molar-refractivity contribution in [3.8, 4) is 0 Å². The number of aryl methyl sites for hydroxylation is 2. The van der Waals surface area contributed by atoms with Crippen molar-refractivity contribution in [3.05, 3.63) is 11.3 Å². The molecule has 0 unspecified atom stereocenters. The highest BCUT2D eigenvalue weighted by Gasteiger charge is 2.09. The summed E-state index contributed by atoms with van der Waals surface area (Å²) in [6.45, 7) is 2.77. The number of rotatable bonds is 5. The Labute approximate surface area is 88.8 Å².